The summed E-state index contributed by atoms with van der Waals surface area (Å²) in [5.74, 6) is -1.38. The number of aromatic amines is 2. The number of carboxylic acid groups (broad SMARTS) is 1. The van der Waals surface area contributed by atoms with Crippen LogP contribution in [0.2, 0.25) is 0 Å². The fraction of sp³-hybridized carbons (Fsp3) is 0.193. The molecule has 15 heteroatoms. The van der Waals surface area contributed by atoms with Crippen LogP contribution in [0.1, 0.15) is 79.6 Å². The SMILES string of the molecule is CCN(CC)CCN(C)C(=O)c1c(C)[nH]c(/C=C2\C(=O)Nc3ccc(-c4csc(-c5ccccc5)n4)cc32)c1C.Cc1[nH]c(/C=C2\C(=O)Nc3ccc(-c4csc(-c5ccccc5)n4)cc32)c(C)c1C(=O)O. The van der Waals surface area contributed by atoms with E-state index in [1.165, 1.54) is 0 Å². The Kier molecular flexibility index (Phi) is 14.1. The van der Waals surface area contributed by atoms with Gasteiger partial charge in [-0.25, -0.2) is 14.8 Å². The molecule has 4 aromatic carbocycles. The molecule has 0 saturated heterocycles. The predicted octanol–water partition coefficient (Wildman–Crippen LogP) is 11.9. The zero-order valence-electron chi connectivity index (χ0n) is 41.1. The Morgan fingerprint density at radius 2 is 1.06 bits per heavy atom. The van der Waals surface area contributed by atoms with Crippen LogP contribution in [0.5, 0.6) is 0 Å². The molecule has 2 aliphatic rings. The van der Waals surface area contributed by atoms with Crippen molar-refractivity contribution in [3.05, 3.63) is 164 Å². The molecule has 0 aliphatic carbocycles. The molecule has 13 nitrogen and oxygen atoms in total. The van der Waals surface area contributed by atoms with Gasteiger partial charge in [0.25, 0.3) is 17.7 Å². The number of hydrogen-bond donors (Lipinski definition) is 5. The molecular formula is C57H54N8O5S2. The Bertz CT molecular complexity index is 3450. The molecule has 0 saturated carbocycles. The summed E-state index contributed by atoms with van der Waals surface area (Å²) in [7, 11) is 1.85. The lowest BCUT2D eigenvalue weighted by atomic mass is 10.0. The van der Waals surface area contributed by atoms with Crippen LogP contribution >= 0.6 is 22.7 Å². The van der Waals surface area contributed by atoms with Gasteiger partial charge in [0.15, 0.2) is 0 Å². The van der Waals surface area contributed by atoms with Crippen molar-refractivity contribution in [1.29, 1.82) is 0 Å². The maximum atomic E-state index is 13.4. The van der Waals surface area contributed by atoms with Crippen molar-refractivity contribution in [2.45, 2.75) is 41.5 Å². The number of likely N-dealkylation sites (N-methyl/N-ethyl adjacent to an activating group) is 2. The van der Waals surface area contributed by atoms with E-state index in [1.54, 1.807) is 47.5 Å². The van der Waals surface area contributed by atoms with Gasteiger partial charge in [0.1, 0.15) is 10.0 Å². The standard InChI is InChI=1S/C32H35N5O2S.C25H19N3O3S/c1-6-37(7-2)16-15-36(5)32(39)29-20(3)27(33-21(29)4)18-25-24-17-23(13-14-26(24)34-30(25)38)28-19-40-31(35-28)22-11-9-8-10-12-22;1-13-20(26-14(2)22(13)25(30)31)11-18-17-10-16(8-9-19(17)27-23(18)29)21-12-32-24(28-21)15-6-4-3-5-7-15/h8-14,17-19,33H,6-7,15-16H2,1-5H3,(H,34,38);3-12,26H,1-2H3,(H,27,29)(H,30,31)/b25-18-;18-11-. The van der Waals surface area contributed by atoms with Crippen LogP contribution in [0, 0.1) is 27.7 Å². The number of nitrogens with one attached hydrogen (secondary N) is 4. The summed E-state index contributed by atoms with van der Waals surface area (Å²) >= 11 is 3.18. The van der Waals surface area contributed by atoms with E-state index >= 15 is 0 Å². The molecule has 0 bridgehead atoms. The first-order valence-corrected chi connectivity index (χ1v) is 25.5. The Morgan fingerprint density at radius 1 is 0.611 bits per heavy atom. The fourth-order valence-electron chi connectivity index (χ4n) is 9.11. The molecule has 72 heavy (non-hydrogen) atoms. The van der Waals surface area contributed by atoms with Crippen LogP contribution in [0.4, 0.5) is 11.4 Å². The largest absolute Gasteiger partial charge is 0.478 e. The van der Waals surface area contributed by atoms with Crippen LogP contribution in [0.25, 0.3) is 67.0 Å². The number of rotatable bonds is 13. The predicted molar refractivity (Wildman–Crippen MR) is 291 cm³/mol. The molecule has 4 aromatic heterocycles. The summed E-state index contributed by atoms with van der Waals surface area (Å²) in [5.41, 5.74) is 14.9. The van der Waals surface area contributed by atoms with Crippen LogP contribution < -0.4 is 10.6 Å². The maximum Gasteiger partial charge on any atom is 0.337 e. The summed E-state index contributed by atoms with van der Waals surface area (Å²) in [4.78, 5) is 70.8. The van der Waals surface area contributed by atoms with Crippen LogP contribution in [-0.2, 0) is 9.59 Å². The van der Waals surface area contributed by atoms with Crippen molar-refractivity contribution in [1.82, 2.24) is 29.7 Å². The van der Waals surface area contributed by atoms with Gasteiger partial charge < -0.3 is 35.5 Å². The normalized spacial score (nSPS) is 13.8. The minimum atomic E-state index is -0.989. The number of nitrogens with zero attached hydrogens (tertiary/aromatic N) is 4. The van der Waals surface area contributed by atoms with Crippen molar-refractivity contribution in [3.8, 4) is 43.7 Å². The second-order valence-electron chi connectivity index (χ2n) is 17.7. The first-order valence-electron chi connectivity index (χ1n) is 23.7. The van der Waals surface area contributed by atoms with Gasteiger partial charge in [-0.3, -0.25) is 14.4 Å². The number of aromatic carboxylic acids is 1. The molecule has 0 atom stereocenters. The summed E-state index contributed by atoms with van der Waals surface area (Å²) in [5, 5.41) is 21.3. The van der Waals surface area contributed by atoms with Gasteiger partial charge in [0, 0.05) is 98.4 Å². The first kappa shape index (κ1) is 49.0. The number of thiazole rings is 2. The smallest absolute Gasteiger partial charge is 0.337 e. The molecule has 8 aromatic rings. The van der Waals surface area contributed by atoms with Gasteiger partial charge >= 0.3 is 5.97 Å². The number of hydrogen-bond acceptors (Lipinski definition) is 9. The summed E-state index contributed by atoms with van der Waals surface area (Å²) < 4.78 is 0. The molecule has 2 aliphatic heterocycles. The van der Waals surface area contributed by atoms with Crippen LogP contribution in [0.3, 0.4) is 0 Å². The Labute approximate surface area is 426 Å². The van der Waals surface area contributed by atoms with Crippen molar-refractivity contribution in [3.63, 3.8) is 0 Å². The van der Waals surface area contributed by atoms with E-state index in [1.807, 2.05) is 123 Å². The van der Waals surface area contributed by atoms with E-state index in [2.05, 4.69) is 51.5 Å². The molecule has 0 unspecified atom stereocenters. The van der Waals surface area contributed by atoms with E-state index in [9.17, 15) is 24.3 Å². The van der Waals surface area contributed by atoms with Gasteiger partial charge in [-0.05, 0) is 88.3 Å². The number of amides is 3. The lowest BCUT2D eigenvalue weighted by molar-refractivity contribution is -0.111. The highest BCUT2D eigenvalue weighted by Gasteiger charge is 2.29. The second-order valence-corrected chi connectivity index (χ2v) is 19.5. The molecule has 10 rings (SSSR count). The van der Waals surface area contributed by atoms with E-state index in [0.29, 0.717) is 40.2 Å². The van der Waals surface area contributed by atoms with Crippen molar-refractivity contribution in [2.24, 2.45) is 0 Å². The van der Waals surface area contributed by atoms with E-state index in [4.69, 9.17) is 9.97 Å². The average Bonchev–Trinajstić information content (AvgIpc) is 4.26. The van der Waals surface area contributed by atoms with E-state index in [0.717, 1.165) is 103 Å². The molecule has 0 spiro atoms. The van der Waals surface area contributed by atoms with Crippen molar-refractivity contribution < 1.29 is 24.3 Å². The third kappa shape index (κ3) is 9.86. The topological polar surface area (TPSA) is 176 Å². The highest BCUT2D eigenvalue weighted by Crippen LogP contribution is 2.40. The minimum Gasteiger partial charge on any atom is -0.478 e. The Morgan fingerprint density at radius 3 is 1.49 bits per heavy atom. The monoisotopic (exact) mass is 994 g/mol. The summed E-state index contributed by atoms with van der Waals surface area (Å²) in [6.07, 6.45) is 3.58. The molecule has 364 valence electrons. The quantitative estimate of drug-likeness (QED) is 0.0709. The number of fused-ring (bicyclic) bond motifs is 2. The van der Waals surface area contributed by atoms with Gasteiger partial charge in [-0.1, -0.05) is 86.6 Å². The third-order valence-corrected chi connectivity index (χ3v) is 15.0. The summed E-state index contributed by atoms with van der Waals surface area (Å²) in [6.45, 7) is 15.0. The van der Waals surface area contributed by atoms with Crippen LogP contribution in [0.15, 0.2) is 108 Å². The number of H-pyrrole nitrogens is 2. The van der Waals surface area contributed by atoms with Gasteiger partial charge in [0.05, 0.1) is 33.7 Å². The number of carbonyl (C=O) groups is 4. The summed E-state index contributed by atoms with van der Waals surface area (Å²) in [6, 6.07) is 31.8. The van der Waals surface area contributed by atoms with Crippen LogP contribution in [-0.4, -0.2) is 91.8 Å². The number of anilines is 2. The lowest BCUT2D eigenvalue weighted by Crippen LogP contribution is -2.36. The highest BCUT2D eigenvalue weighted by atomic mass is 32.1. The average molecular weight is 995 g/mol. The van der Waals surface area contributed by atoms with Gasteiger partial charge in [-0.2, -0.15) is 0 Å². The maximum absolute atomic E-state index is 13.4. The fourth-order valence-corrected chi connectivity index (χ4v) is 10.8. The molecule has 3 amide bonds. The molecule has 0 fully saturated rings. The highest BCUT2D eigenvalue weighted by molar-refractivity contribution is 7.13. The zero-order chi connectivity index (χ0) is 50.8. The zero-order valence-corrected chi connectivity index (χ0v) is 42.7. The first-order chi connectivity index (χ1) is 34.7. The molecule has 0 radical (unpaired) electrons. The Hall–Kier alpha value is -7.98. The molecular weight excluding hydrogens is 941 g/mol. The number of aromatic nitrogens is 4. The second kappa shape index (κ2) is 20.8. The molecule has 5 N–H and O–H groups in total. The van der Waals surface area contributed by atoms with Crippen molar-refractivity contribution >= 4 is 81.0 Å². The number of benzene rings is 4. The number of carbonyl (C=O) groups excluding carboxylic acids is 3. The van der Waals surface area contributed by atoms with Gasteiger partial charge in [-0.15, -0.1) is 22.7 Å². The molecule has 6 heterocycles. The van der Waals surface area contributed by atoms with Gasteiger partial charge in [0.2, 0.25) is 0 Å². The van der Waals surface area contributed by atoms with E-state index < -0.39 is 5.97 Å². The number of aryl methyl sites for hydroxylation is 2. The lowest BCUT2D eigenvalue weighted by Gasteiger charge is -2.23. The number of carboxylic acids is 1. The third-order valence-electron chi connectivity index (χ3n) is 13.2. The van der Waals surface area contributed by atoms with Crippen molar-refractivity contribution in [2.75, 3.05) is 43.9 Å². The van der Waals surface area contributed by atoms with E-state index in [-0.39, 0.29) is 23.3 Å². The minimum absolute atomic E-state index is 0.0145. The Balaban J connectivity index is 0.000000182.